The number of hydrogen-bond donors (Lipinski definition) is 7. The molecule has 7 N–H and O–H groups in total. The Balaban J connectivity index is 1.43. The van der Waals surface area contributed by atoms with Crippen molar-refractivity contribution in [3.05, 3.63) is 36.1 Å². The molecule has 0 aromatic carbocycles. The molecular weight excluding hydrogens is 1310 g/mol. The number of amidine groups is 1. The van der Waals surface area contributed by atoms with Crippen LogP contribution in [0.5, 0.6) is 0 Å². The molecule has 554 valence electrons. The van der Waals surface area contributed by atoms with Crippen LogP contribution in [0.3, 0.4) is 0 Å². The van der Waals surface area contributed by atoms with Gasteiger partial charge < -0.3 is 107 Å². The molecule has 2 fully saturated rings. The van der Waals surface area contributed by atoms with Gasteiger partial charge in [-0.1, -0.05) is 12.5 Å². The number of carbonyl (C=O) groups excluding carboxylic acids is 11. The fraction of sp³-hybridized carbons (Fsp3) is 0.683. The Bertz CT molecular complexity index is 2900. The van der Waals surface area contributed by atoms with Gasteiger partial charge in [0.05, 0.1) is 91.1 Å². The van der Waals surface area contributed by atoms with Gasteiger partial charge in [-0.15, -0.1) is 6.42 Å². The second kappa shape index (κ2) is 42.1. The number of nitrogens with zero attached hydrogens (tertiary/aromatic N) is 2. The van der Waals surface area contributed by atoms with Crippen LogP contribution in [0.4, 0.5) is 19.2 Å². The van der Waals surface area contributed by atoms with E-state index in [2.05, 4.69) is 54.7 Å². The van der Waals surface area contributed by atoms with Crippen molar-refractivity contribution in [1.82, 2.24) is 42.1 Å². The first kappa shape index (κ1) is 82.4. The van der Waals surface area contributed by atoms with E-state index >= 15 is 0 Å². The van der Waals surface area contributed by atoms with Crippen molar-refractivity contribution in [2.24, 2.45) is 4.99 Å². The Morgan fingerprint density at radius 3 is 1.58 bits per heavy atom. The lowest BCUT2D eigenvalue weighted by atomic mass is 9.91. The van der Waals surface area contributed by atoms with E-state index in [0.717, 1.165) is 14.2 Å². The second-order valence-electron chi connectivity index (χ2n) is 24.2. The quantitative estimate of drug-likeness (QED) is 0.0109. The van der Waals surface area contributed by atoms with Crippen LogP contribution in [-0.4, -0.2) is 268 Å². The van der Waals surface area contributed by atoms with Crippen molar-refractivity contribution in [3.8, 4) is 12.3 Å². The lowest BCUT2D eigenvalue weighted by Gasteiger charge is -2.41. The summed E-state index contributed by atoms with van der Waals surface area (Å²) in [7, 11) is 2.19. The third kappa shape index (κ3) is 31.2. The normalized spacial score (nSPS) is 21.0. The van der Waals surface area contributed by atoms with Gasteiger partial charge in [0.1, 0.15) is 68.1 Å². The summed E-state index contributed by atoms with van der Waals surface area (Å²) in [5.41, 5.74) is -1.74. The molecular formula is C63H95N9O27. The maximum atomic E-state index is 13.8. The summed E-state index contributed by atoms with van der Waals surface area (Å²) in [6, 6.07) is -4.64. The lowest BCUT2D eigenvalue weighted by Crippen LogP contribution is -2.64. The molecule has 99 heavy (non-hydrogen) atoms. The van der Waals surface area contributed by atoms with Crippen LogP contribution < -0.4 is 37.2 Å². The van der Waals surface area contributed by atoms with Crippen molar-refractivity contribution in [3.63, 3.8) is 0 Å². The molecule has 10 atom stereocenters. The van der Waals surface area contributed by atoms with Crippen LogP contribution in [0, 0.1) is 12.3 Å². The van der Waals surface area contributed by atoms with Gasteiger partial charge in [0, 0.05) is 40.0 Å². The Morgan fingerprint density at radius 1 is 0.626 bits per heavy atom. The summed E-state index contributed by atoms with van der Waals surface area (Å²) in [5, 5.41) is 18.8. The van der Waals surface area contributed by atoms with Crippen molar-refractivity contribution >= 4 is 71.8 Å². The van der Waals surface area contributed by atoms with E-state index in [4.69, 9.17) is 82.2 Å². The van der Waals surface area contributed by atoms with Crippen LogP contribution in [0.1, 0.15) is 88.0 Å². The molecule has 0 bridgehead atoms. The van der Waals surface area contributed by atoms with Gasteiger partial charge in [-0.2, -0.15) is 0 Å². The summed E-state index contributed by atoms with van der Waals surface area (Å²) in [6.45, 7) is 17.8. The number of esters is 2. The van der Waals surface area contributed by atoms with Crippen molar-refractivity contribution < 1.29 is 129 Å². The Kier molecular flexibility index (Phi) is 35.0. The summed E-state index contributed by atoms with van der Waals surface area (Å²) >= 11 is 0. The summed E-state index contributed by atoms with van der Waals surface area (Å²) in [4.78, 5) is 149. The number of carbonyl (C=O) groups is 11. The highest BCUT2D eigenvalue weighted by atomic mass is 16.8. The highest BCUT2D eigenvalue weighted by molar-refractivity contribution is 5.94. The number of terminal acetylenes is 1. The van der Waals surface area contributed by atoms with Crippen LogP contribution in [-0.2, 0) is 109 Å². The fourth-order valence-electron chi connectivity index (χ4n) is 9.75. The number of methoxy groups -OCH3 is 2. The number of hydrogen-bond acceptors (Lipinski definition) is 29. The number of alkyl carbamates (subject to hydrolysis) is 2. The van der Waals surface area contributed by atoms with Crippen LogP contribution in [0.2, 0.25) is 0 Å². The van der Waals surface area contributed by atoms with Crippen molar-refractivity contribution in [2.75, 3.05) is 120 Å². The zero-order valence-corrected chi connectivity index (χ0v) is 57.8. The highest BCUT2D eigenvalue weighted by Crippen LogP contribution is 2.31. The van der Waals surface area contributed by atoms with E-state index in [1.54, 1.807) is 46.4 Å². The molecule has 0 aliphatic carbocycles. The minimum absolute atomic E-state index is 0.00631. The van der Waals surface area contributed by atoms with Gasteiger partial charge in [0.15, 0.2) is 24.4 Å². The van der Waals surface area contributed by atoms with E-state index in [9.17, 15) is 52.7 Å². The van der Waals surface area contributed by atoms with Gasteiger partial charge in [0.2, 0.25) is 41.1 Å². The van der Waals surface area contributed by atoms with Gasteiger partial charge in [0.25, 0.3) is 0 Å². The predicted molar refractivity (Wildman–Crippen MR) is 342 cm³/mol. The summed E-state index contributed by atoms with van der Waals surface area (Å²) in [6.07, 6.45) is -3.49. The first-order chi connectivity index (χ1) is 46.9. The number of ether oxygens (including phenoxy) is 16. The Labute approximate surface area is 573 Å². The first-order valence-corrected chi connectivity index (χ1v) is 31.8. The maximum Gasteiger partial charge on any atom is 0.508 e. The van der Waals surface area contributed by atoms with Gasteiger partial charge >= 0.3 is 36.4 Å². The fourth-order valence-corrected chi connectivity index (χ4v) is 9.75. The predicted octanol–water partition coefficient (Wildman–Crippen LogP) is 0.335. The van der Waals surface area contributed by atoms with Crippen LogP contribution in [0.25, 0.3) is 0 Å². The molecule has 0 saturated carbocycles. The topological polar surface area (TPSA) is 435 Å². The lowest BCUT2D eigenvalue weighted by molar-refractivity contribution is -0.155. The van der Waals surface area contributed by atoms with E-state index < -0.39 is 145 Å². The molecule has 2 saturated heterocycles. The number of unbranched alkanes of at least 4 members (excludes halogenated alkanes) is 1. The molecule has 36 nitrogen and oxygen atoms in total. The minimum Gasteiger partial charge on any atom is -0.478 e. The smallest absolute Gasteiger partial charge is 0.478 e. The van der Waals surface area contributed by atoms with E-state index in [1.165, 1.54) is 32.9 Å². The Hall–Kier alpha value is -9.02. The summed E-state index contributed by atoms with van der Waals surface area (Å²) in [5.74, 6) is -3.21. The number of cyclic esters (lactones) is 4. The second-order valence-corrected chi connectivity index (χ2v) is 24.2. The maximum absolute atomic E-state index is 13.8. The van der Waals surface area contributed by atoms with Crippen LogP contribution >= 0.6 is 0 Å². The van der Waals surface area contributed by atoms with E-state index in [0.29, 0.717) is 39.3 Å². The highest BCUT2D eigenvalue weighted by Gasteiger charge is 2.51. The molecule has 0 aromatic heterocycles. The number of rotatable bonds is 40. The SMILES string of the molecule is C#CCOCCOCCOCCOCCC(=O)N(CCCCNC(=O)CO[C@@H]([C@@H]1OC(C(=O)OC)=C[C@H](NC(=C)NC(=O)OC(C)(C)C)[C@H]1NC(C)=O)[C@H]1COC(=O)O1)CCCNC(=O)CO[C@@H]([C@@H]1OC(C(=O)OC)=C[C@H](N=C(C)NC(=O)OC(C)(C)C)[C@H]1NC(C)=O)[C@H]1COC(=O)O1. The van der Waals surface area contributed by atoms with E-state index in [-0.39, 0.29) is 108 Å². The molecule has 4 heterocycles. The van der Waals surface area contributed by atoms with Gasteiger partial charge in [-0.05, 0) is 79.9 Å². The number of amides is 7. The molecule has 0 radical (unpaired) electrons. The standard InChI is InChI=1S/C63H95N9O27/c1-14-23-86-25-27-88-29-30-89-28-26-87-24-18-49(77)72(22-17-20-65-48(76)36-91-53(46-34-93-61(83)97-46)55-51(71-40(5)74)42(32-44(95-55)57(79)85-13)67-38(3)69-59(81)99-63(9,10)11)21-16-15-19-64-47(75)35-90-52(45-33-92-60(82)96-45)54-50(70-39(4)73)41(31-43(94-54)56(78)84-12)66-37(2)68-58(80)98-62(6,7)8/h1,31-32,41-42,45-46,50-55,66H,2,15-30,33-36H2,3-13H3,(H,64,75)(H,65,76)(H,68,80)(H,70,73)(H,71,74)(H,67,69,81)/t41-,42-,45+,46+,50+,51+,52+,53+,54+,55+/m0/s1. The molecule has 4 aliphatic rings. The summed E-state index contributed by atoms with van der Waals surface area (Å²) < 4.78 is 87.6. The van der Waals surface area contributed by atoms with Crippen molar-refractivity contribution in [2.45, 2.75) is 160 Å². The molecule has 0 spiro atoms. The number of aliphatic imine (C=N–C) groups is 1. The molecule has 4 aliphatic heterocycles. The molecule has 7 amide bonds. The zero-order valence-electron chi connectivity index (χ0n) is 57.8. The molecule has 36 heteroatoms. The largest absolute Gasteiger partial charge is 0.508 e. The van der Waals surface area contributed by atoms with Crippen LogP contribution in [0.15, 0.2) is 41.1 Å². The zero-order chi connectivity index (χ0) is 73.2. The average Bonchev–Trinajstić information content (AvgIpc) is 1.73. The minimum atomic E-state index is -1.43. The molecule has 0 unspecified atom stereocenters. The third-order valence-electron chi connectivity index (χ3n) is 13.8. The van der Waals surface area contributed by atoms with E-state index in [1.807, 2.05) is 0 Å². The van der Waals surface area contributed by atoms with Gasteiger partial charge in [-0.25, -0.2) is 28.8 Å². The molecule has 0 aromatic rings. The molecule has 4 rings (SSSR count). The van der Waals surface area contributed by atoms with Crippen molar-refractivity contribution in [1.29, 1.82) is 0 Å². The monoisotopic (exact) mass is 1410 g/mol. The third-order valence-corrected chi connectivity index (χ3v) is 13.8. The Morgan fingerprint density at radius 2 is 1.09 bits per heavy atom. The van der Waals surface area contributed by atoms with Gasteiger partial charge in [-0.3, -0.25) is 39.6 Å². The first-order valence-electron chi connectivity index (χ1n) is 31.8. The average molecular weight is 1410 g/mol. The number of nitrogens with one attached hydrogen (secondary N) is 7.